The molecule has 0 amide bonds. The summed E-state index contributed by atoms with van der Waals surface area (Å²) in [4.78, 5) is 16.3. The maximum absolute atomic E-state index is 11.7. The fourth-order valence-electron chi connectivity index (χ4n) is 2.91. The summed E-state index contributed by atoms with van der Waals surface area (Å²) in [7, 11) is 1.86. The lowest BCUT2D eigenvalue weighted by molar-refractivity contribution is -0.140. The molecule has 0 radical (unpaired) electrons. The van der Waals surface area contributed by atoms with Crippen molar-refractivity contribution in [1.29, 1.82) is 0 Å². The van der Waals surface area contributed by atoms with Gasteiger partial charge in [-0.15, -0.1) is 0 Å². The Balaban J connectivity index is 2.17. The number of carboxylic acid groups (broad SMARTS) is 1. The molecule has 7 nitrogen and oxygen atoms in total. The highest BCUT2D eigenvalue weighted by Crippen LogP contribution is 2.36. The SMILES string of the molecule is CCC(C(=O)O)n1c(CCNC)nc2cc3c(cc21)OCCO3. The second-order valence-corrected chi connectivity index (χ2v) is 5.50. The van der Waals surface area contributed by atoms with E-state index >= 15 is 0 Å². The molecule has 0 saturated heterocycles. The van der Waals surface area contributed by atoms with Crippen LogP contribution in [0.5, 0.6) is 11.5 Å². The molecule has 0 bridgehead atoms. The second-order valence-electron chi connectivity index (χ2n) is 5.50. The number of rotatable bonds is 6. The molecule has 2 aromatic rings. The Morgan fingerprint density at radius 1 is 1.39 bits per heavy atom. The largest absolute Gasteiger partial charge is 0.486 e. The monoisotopic (exact) mass is 319 g/mol. The Kier molecular flexibility index (Phi) is 4.38. The molecule has 2 N–H and O–H groups in total. The number of imidazole rings is 1. The van der Waals surface area contributed by atoms with Crippen LogP contribution in [0, 0.1) is 0 Å². The zero-order valence-corrected chi connectivity index (χ0v) is 13.3. The average molecular weight is 319 g/mol. The fraction of sp³-hybridized carbons (Fsp3) is 0.500. The predicted molar refractivity (Wildman–Crippen MR) is 85.3 cm³/mol. The number of likely N-dealkylation sites (N-methyl/N-ethyl adjacent to an activating group) is 1. The highest BCUT2D eigenvalue weighted by atomic mass is 16.6. The molecule has 7 heteroatoms. The van der Waals surface area contributed by atoms with Crippen molar-refractivity contribution in [1.82, 2.24) is 14.9 Å². The van der Waals surface area contributed by atoms with E-state index in [9.17, 15) is 9.90 Å². The topological polar surface area (TPSA) is 85.6 Å². The first-order chi connectivity index (χ1) is 11.2. The molecule has 1 unspecified atom stereocenters. The zero-order chi connectivity index (χ0) is 16.4. The summed E-state index contributed by atoms with van der Waals surface area (Å²) in [5.74, 6) is 1.21. The van der Waals surface area contributed by atoms with Crippen LogP contribution in [0.2, 0.25) is 0 Å². The number of carboxylic acids is 1. The third kappa shape index (κ3) is 2.84. The number of nitrogens with one attached hydrogen (secondary N) is 1. The molecular weight excluding hydrogens is 298 g/mol. The van der Waals surface area contributed by atoms with E-state index < -0.39 is 12.0 Å². The molecule has 23 heavy (non-hydrogen) atoms. The summed E-state index contributed by atoms with van der Waals surface area (Å²) in [6.07, 6.45) is 1.14. The van der Waals surface area contributed by atoms with Crippen molar-refractivity contribution in [3.05, 3.63) is 18.0 Å². The number of nitrogens with zero attached hydrogens (tertiary/aromatic N) is 2. The van der Waals surface area contributed by atoms with Crippen LogP contribution in [0.4, 0.5) is 0 Å². The maximum atomic E-state index is 11.7. The number of fused-ring (bicyclic) bond motifs is 2. The zero-order valence-electron chi connectivity index (χ0n) is 13.3. The van der Waals surface area contributed by atoms with Crippen LogP contribution in [-0.4, -0.2) is 47.4 Å². The molecule has 0 spiro atoms. The molecule has 1 aromatic carbocycles. The summed E-state index contributed by atoms with van der Waals surface area (Å²) >= 11 is 0. The third-order valence-electron chi connectivity index (χ3n) is 4.01. The summed E-state index contributed by atoms with van der Waals surface area (Å²) in [6.45, 7) is 3.60. The lowest BCUT2D eigenvalue weighted by Crippen LogP contribution is -2.22. The second kappa shape index (κ2) is 6.45. The van der Waals surface area contributed by atoms with Gasteiger partial charge in [0.1, 0.15) is 25.1 Å². The van der Waals surface area contributed by atoms with E-state index in [0.717, 1.165) is 23.4 Å². The summed E-state index contributed by atoms with van der Waals surface area (Å²) in [6, 6.07) is 3.03. The van der Waals surface area contributed by atoms with Gasteiger partial charge in [0.15, 0.2) is 11.5 Å². The van der Waals surface area contributed by atoms with E-state index in [1.165, 1.54) is 0 Å². The molecule has 1 aromatic heterocycles. The van der Waals surface area contributed by atoms with E-state index in [0.29, 0.717) is 37.6 Å². The Morgan fingerprint density at radius 2 is 2.09 bits per heavy atom. The minimum atomic E-state index is -0.854. The predicted octanol–water partition coefficient (Wildman–Crippen LogP) is 1.61. The summed E-state index contributed by atoms with van der Waals surface area (Å²) in [5, 5.41) is 12.7. The highest BCUT2D eigenvalue weighted by Gasteiger charge is 2.25. The summed E-state index contributed by atoms with van der Waals surface area (Å²) < 4.78 is 13.0. The van der Waals surface area contributed by atoms with Gasteiger partial charge in [-0.3, -0.25) is 0 Å². The van der Waals surface area contributed by atoms with Gasteiger partial charge in [0, 0.05) is 25.1 Å². The van der Waals surface area contributed by atoms with Gasteiger partial charge in [-0.05, 0) is 13.5 Å². The van der Waals surface area contributed by atoms with Crippen molar-refractivity contribution in [2.24, 2.45) is 0 Å². The summed E-state index contributed by atoms with van der Waals surface area (Å²) in [5.41, 5.74) is 1.51. The molecular formula is C16H21N3O4. The number of ether oxygens (including phenoxy) is 2. The van der Waals surface area contributed by atoms with E-state index in [1.54, 1.807) is 0 Å². The van der Waals surface area contributed by atoms with Gasteiger partial charge in [-0.2, -0.15) is 0 Å². The molecule has 0 fully saturated rings. The van der Waals surface area contributed by atoms with Crippen LogP contribution in [0.25, 0.3) is 11.0 Å². The van der Waals surface area contributed by atoms with Crippen molar-refractivity contribution in [3.63, 3.8) is 0 Å². The van der Waals surface area contributed by atoms with Crippen LogP contribution in [0.3, 0.4) is 0 Å². The van der Waals surface area contributed by atoms with Gasteiger partial charge in [-0.25, -0.2) is 9.78 Å². The van der Waals surface area contributed by atoms with E-state index in [1.807, 2.05) is 30.7 Å². The highest BCUT2D eigenvalue weighted by molar-refractivity contribution is 5.83. The van der Waals surface area contributed by atoms with E-state index in [-0.39, 0.29) is 0 Å². The minimum absolute atomic E-state index is 0.488. The van der Waals surface area contributed by atoms with E-state index in [4.69, 9.17) is 9.47 Å². The van der Waals surface area contributed by atoms with Gasteiger partial charge >= 0.3 is 5.97 Å². The van der Waals surface area contributed by atoms with Gasteiger partial charge in [-0.1, -0.05) is 6.92 Å². The lowest BCUT2D eigenvalue weighted by atomic mass is 10.2. The number of carbonyl (C=O) groups is 1. The first kappa shape index (κ1) is 15.6. The van der Waals surface area contributed by atoms with Crippen molar-refractivity contribution >= 4 is 17.0 Å². The Bertz CT molecular complexity index is 726. The lowest BCUT2D eigenvalue weighted by Gasteiger charge is -2.20. The molecule has 1 atom stereocenters. The Morgan fingerprint density at radius 3 is 2.70 bits per heavy atom. The van der Waals surface area contributed by atoms with Crippen LogP contribution in [0.1, 0.15) is 25.2 Å². The molecule has 1 aliphatic rings. The molecule has 0 aliphatic carbocycles. The van der Waals surface area contributed by atoms with Gasteiger partial charge < -0.3 is 24.5 Å². The quantitative estimate of drug-likeness (QED) is 0.841. The number of hydrogen-bond acceptors (Lipinski definition) is 5. The molecule has 3 rings (SSSR count). The normalized spacial score (nSPS) is 14.9. The minimum Gasteiger partial charge on any atom is -0.486 e. The average Bonchev–Trinajstić information content (AvgIpc) is 2.88. The van der Waals surface area contributed by atoms with Crippen molar-refractivity contribution in [2.75, 3.05) is 26.8 Å². The van der Waals surface area contributed by atoms with Gasteiger partial charge in [0.25, 0.3) is 0 Å². The van der Waals surface area contributed by atoms with Crippen LogP contribution in [-0.2, 0) is 11.2 Å². The van der Waals surface area contributed by atoms with Gasteiger partial charge in [0.05, 0.1) is 11.0 Å². The number of hydrogen-bond donors (Lipinski definition) is 2. The molecule has 2 heterocycles. The van der Waals surface area contributed by atoms with Crippen LogP contribution in [0.15, 0.2) is 12.1 Å². The van der Waals surface area contributed by atoms with E-state index in [2.05, 4.69) is 10.3 Å². The third-order valence-corrected chi connectivity index (χ3v) is 4.01. The molecule has 1 aliphatic heterocycles. The van der Waals surface area contributed by atoms with Gasteiger partial charge in [0.2, 0.25) is 0 Å². The van der Waals surface area contributed by atoms with Crippen molar-refractivity contribution in [3.8, 4) is 11.5 Å². The first-order valence-electron chi connectivity index (χ1n) is 7.83. The Hall–Kier alpha value is -2.28. The molecule has 124 valence electrons. The van der Waals surface area contributed by atoms with Crippen LogP contribution >= 0.6 is 0 Å². The Labute approximate surface area is 134 Å². The maximum Gasteiger partial charge on any atom is 0.326 e. The van der Waals surface area contributed by atoms with Crippen molar-refractivity contribution < 1.29 is 19.4 Å². The number of aromatic nitrogens is 2. The number of aliphatic carboxylic acids is 1. The standard InChI is InChI=1S/C16H21N3O4/c1-3-11(16(20)21)19-12-9-14-13(22-6-7-23-14)8-10(12)18-15(19)4-5-17-2/h8-9,11,17H,3-7H2,1-2H3,(H,20,21). The molecule has 0 saturated carbocycles. The smallest absolute Gasteiger partial charge is 0.326 e. The number of benzene rings is 1. The fourth-order valence-corrected chi connectivity index (χ4v) is 2.91. The van der Waals surface area contributed by atoms with Crippen LogP contribution < -0.4 is 14.8 Å². The van der Waals surface area contributed by atoms with Crippen molar-refractivity contribution in [2.45, 2.75) is 25.8 Å². The first-order valence-corrected chi connectivity index (χ1v) is 7.83.